The predicted molar refractivity (Wildman–Crippen MR) is 80.5 cm³/mol. The summed E-state index contributed by atoms with van der Waals surface area (Å²) < 4.78 is 12.7. The second kappa shape index (κ2) is 6.62. The Morgan fingerprint density at radius 3 is 2.79 bits per heavy atom. The molecule has 0 N–H and O–H groups in total. The molecule has 0 amide bonds. The molecule has 0 saturated carbocycles. The lowest BCUT2D eigenvalue weighted by molar-refractivity contribution is 0.386. The van der Waals surface area contributed by atoms with Crippen molar-refractivity contribution in [2.45, 2.75) is 17.7 Å². The van der Waals surface area contributed by atoms with Crippen molar-refractivity contribution >= 4 is 11.8 Å². The highest BCUT2D eigenvalue weighted by Gasteiger charge is 2.12. The second-order valence-electron chi connectivity index (χ2n) is 4.56. The smallest absolute Gasteiger partial charge is 0.123 e. The fourth-order valence-corrected chi connectivity index (χ4v) is 2.60. The van der Waals surface area contributed by atoms with E-state index in [0.29, 0.717) is 0 Å². The van der Waals surface area contributed by atoms with E-state index in [4.69, 9.17) is 0 Å². The molecule has 19 heavy (non-hydrogen) atoms. The topological polar surface area (TPSA) is 3.24 Å². The maximum atomic E-state index is 12.7. The molecule has 0 spiro atoms. The third-order valence-electron chi connectivity index (χ3n) is 3.16. The number of likely N-dealkylation sites (N-methyl/N-ethyl adjacent to an activating group) is 1. The molecule has 100 valence electrons. The van der Waals surface area contributed by atoms with E-state index < -0.39 is 0 Å². The highest BCUT2D eigenvalue weighted by Crippen LogP contribution is 2.24. The summed E-state index contributed by atoms with van der Waals surface area (Å²) in [4.78, 5) is 3.23. The molecule has 0 unspecified atom stereocenters. The number of allylic oxidation sites excluding steroid dienone is 3. The van der Waals surface area contributed by atoms with E-state index in [1.165, 1.54) is 24.1 Å². The van der Waals surface area contributed by atoms with Gasteiger partial charge < -0.3 is 4.90 Å². The lowest BCUT2D eigenvalue weighted by Gasteiger charge is -2.28. The molecular weight excluding hydrogens is 257 g/mol. The quantitative estimate of drug-likeness (QED) is 0.742. The van der Waals surface area contributed by atoms with Crippen LogP contribution < -0.4 is 0 Å². The van der Waals surface area contributed by atoms with Crippen LogP contribution in [0.15, 0.2) is 64.6 Å². The first kappa shape index (κ1) is 13.9. The molecule has 2 rings (SSSR count). The largest absolute Gasteiger partial charge is 0.375 e. The highest BCUT2D eigenvalue weighted by atomic mass is 32.2. The second-order valence-corrected chi connectivity index (χ2v) is 5.54. The number of halogens is 1. The van der Waals surface area contributed by atoms with Crippen molar-refractivity contribution in [3.63, 3.8) is 0 Å². The van der Waals surface area contributed by atoms with Crippen LogP contribution in [0.5, 0.6) is 0 Å². The SMILES string of the molecule is C=C1/C(=C/C=CSc2ccc(F)cc2)CCCN1C. The van der Waals surface area contributed by atoms with Crippen LogP contribution in [0, 0.1) is 5.82 Å². The number of hydrogen-bond donors (Lipinski definition) is 0. The van der Waals surface area contributed by atoms with Crippen LogP contribution in [0.2, 0.25) is 0 Å². The van der Waals surface area contributed by atoms with Crippen molar-refractivity contribution < 1.29 is 4.39 Å². The van der Waals surface area contributed by atoms with Crippen molar-refractivity contribution in [3.8, 4) is 0 Å². The zero-order valence-electron chi connectivity index (χ0n) is 11.1. The lowest BCUT2D eigenvalue weighted by atomic mass is 10.0. The Labute approximate surface area is 118 Å². The number of piperidine rings is 1. The summed E-state index contributed by atoms with van der Waals surface area (Å²) in [5.41, 5.74) is 2.41. The van der Waals surface area contributed by atoms with Crippen molar-refractivity contribution in [3.05, 3.63) is 65.5 Å². The minimum atomic E-state index is -0.197. The molecule has 1 saturated heterocycles. The summed E-state index contributed by atoms with van der Waals surface area (Å²) in [5.74, 6) is -0.197. The summed E-state index contributed by atoms with van der Waals surface area (Å²) in [5, 5.41) is 2.02. The van der Waals surface area contributed by atoms with Gasteiger partial charge >= 0.3 is 0 Å². The number of rotatable bonds is 3. The molecule has 1 nitrogen and oxygen atoms in total. The molecule has 1 aliphatic rings. The van der Waals surface area contributed by atoms with Crippen LogP contribution in [-0.2, 0) is 0 Å². The highest BCUT2D eigenvalue weighted by molar-refractivity contribution is 8.02. The molecule has 1 aromatic rings. The average Bonchev–Trinajstić information content (AvgIpc) is 2.41. The van der Waals surface area contributed by atoms with Gasteiger partial charge in [0.05, 0.1) is 0 Å². The number of hydrogen-bond acceptors (Lipinski definition) is 2. The molecule has 0 aliphatic carbocycles. The zero-order valence-corrected chi connectivity index (χ0v) is 11.9. The molecule has 1 heterocycles. The van der Waals surface area contributed by atoms with Crippen molar-refractivity contribution in [1.82, 2.24) is 4.90 Å². The summed E-state index contributed by atoms with van der Waals surface area (Å²) in [6.45, 7) is 5.19. The van der Waals surface area contributed by atoms with Gasteiger partial charge in [-0.15, -0.1) is 0 Å². The van der Waals surface area contributed by atoms with Gasteiger partial charge in [0.2, 0.25) is 0 Å². The molecule has 0 radical (unpaired) electrons. The van der Waals surface area contributed by atoms with Crippen LogP contribution in [0.25, 0.3) is 0 Å². The Balaban J connectivity index is 1.92. The Morgan fingerprint density at radius 2 is 2.05 bits per heavy atom. The fraction of sp³-hybridized carbons (Fsp3) is 0.250. The van der Waals surface area contributed by atoms with Gasteiger partial charge in [0.15, 0.2) is 0 Å². The van der Waals surface area contributed by atoms with Gasteiger partial charge in [0, 0.05) is 24.2 Å². The van der Waals surface area contributed by atoms with E-state index in [0.717, 1.165) is 23.6 Å². The van der Waals surface area contributed by atoms with Crippen LogP contribution >= 0.6 is 11.8 Å². The summed E-state index contributed by atoms with van der Waals surface area (Å²) in [6, 6.07) is 6.52. The molecule has 0 atom stereocenters. The average molecular weight is 275 g/mol. The van der Waals surface area contributed by atoms with Gasteiger partial charge in [-0.2, -0.15) is 0 Å². The maximum Gasteiger partial charge on any atom is 0.123 e. The van der Waals surface area contributed by atoms with Gasteiger partial charge in [0.25, 0.3) is 0 Å². The standard InChI is InChI=1S/C16H18FNS/c1-13-14(5-3-11-18(13)2)6-4-12-19-16-9-7-15(17)8-10-16/h4,6-10,12H,1,3,5,11H2,2H3/b12-4?,14-6+. The molecule has 0 aromatic heterocycles. The number of nitrogens with zero attached hydrogens (tertiary/aromatic N) is 1. The van der Waals surface area contributed by atoms with Crippen LogP contribution in [0.4, 0.5) is 4.39 Å². The first-order valence-electron chi connectivity index (χ1n) is 6.35. The number of benzene rings is 1. The summed E-state index contributed by atoms with van der Waals surface area (Å²) in [6.07, 6.45) is 6.43. The number of thioether (sulfide) groups is 1. The fourth-order valence-electron chi connectivity index (χ4n) is 2.00. The zero-order chi connectivity index (χ0) is 13.7. The van der Waals surface area contributed by atoms with Crippen molar-refractivity contribution in [2.75, 3.05) is 13.6 Å². The molecule has 1 aliphatic heterocycles. The van der Waals surface area contributed by atoms with Crippen LogP contribution in [0.1, 0.15) is 12.8 Å². The Hall–Kier alpha value is -1.48. The van der Waals surface area contributed by atoms with Gasteiger partial charge in [0.1, 0.15) is 5.82 Å². The molecule has 1 aromatic carbocycles. The van der Waals surface area contributed by atoms with Gasteiger partial charge in [-0.3, -0.25) is 0 Å². The first-order chi connectivity index (χ1) is 9.16. The number of likely N-dealkylation sites (tertiary alicyclic amines) is 1. The Kier molecular flexibility index (Phi) is 4.86. The molecule has 0 bridgehead atoms. The Morgan fingerprint density at radius 1 is 1.32 bits per heavy atom. The van der Waals surface area contributed by atoms with E-state index in [1.54, 1.807) is 23.9 Å². The van der Waals surface area contributed by atoms with Gasteiger partial charge in [-0.05, 0) is 48.1 Å². The lowest BCUT2D eigenvalue weighted by Crippen LogP contribution is -2.24. The van der Waals surface area contributed by atoms with E-state index in [1.807, 2.05) is 11.5 Å². The monoisotopic (exact) mass is 275 g/mol. The summed E-state index contributed by atoms with van der Waals surface area (Å²) in [7, 11) is 2.08. The first-order valence-corrected chi connectivity index (χ1v) is 7.23. The van der Waals surface area contributed by atoms with Crippen LogP contribution in [0.3, 0.4) is 0 Å². The Bertz CT molecular complexity index is 502. The van der Waals surface area contributed by atoms with E-state index >= 15 is 0 Å². The minimum absolute atomic E-state index is 0.197. The van der Waals surface area contributed by atoms with Gasteiger partial charge in [-0.25, -0.2) is 4.39 Å². The van der Waals surface area contributed by atoms with Crippen LogP contribution in [-0.4, -0.2) is 18.5 Å². The predicted octanol–water partition coefficient (Wildman–Crippen LogP) is 4.60. The third kappa shape index (κ3) is 4.00. The minimum Gasteiger partial charge on any atom is -0.375 e. The van der Waals surface area contributed by atoms with E-state index in [9.17, 15) is 4.39 Å². The van der Waals surface area contributed by atoms with E-state index in [2.05, 4.69) is 24.6 Å². The summed E-state index contributed by atoms with van der Waals surface area (Å²) >= 11 is 1.58. The van der Waals surface area contributed by atoms with Gasteiger partial charge in [-0.1, -0.05) is 30.5 Å². The molecule has 1 fully saturated rings. The van der Waals surface area contributed by atoms with Crippen molar-refractivity contribution in [2.24, 2.45) is 0 Å². The van der Waals surface area contributed by atoms with E-state index in [-0.39, 0.29) is 5.82 Å². The maximum absolute atomic E-state index is 12.7. The normalized spacial score (nSPS) is 18.5. The third-order valence-corrected chi connectivity index (χ3v) is 4.00. The molecular formula is C16H18FNS. The molecule has 3 heteroatoms. The van der Waals surface area contributed by atoms with Crippen molar-refractivity contribution in [1.29, 1.82) is 0 Å².